The molecule has 1 atom stereocenters. The Kier molecular flexibility index (Phi) is 5.28. The summed E-state index contributed by atoms with van der Waals surface area (Å²) in [7, 11) is -3.84. The molecule has 0 radical (unpaired) electrons. The fourth-order valence-electron chi connectivity index (χ4n) is 2.92. The summed E-state index contributed by atoms with van der Waals surface area (Å²) in [6.45, 7) is 3.82. The molecule has 0 heterocycles. The molecule has 4 nitrogen and oxygen atoms in total. The second-order valence-corrected chi connectivity index (χ2v) is 8.37. The lowest BCUT2D eigenvalue weighted by Crippen LogP contribution is -2.27. The van der Waals surface area contributed by atoms with Crippen LogP contribution in [-0.2, 0) is 15.6 Å². The van der Waals surface area contributed by atoms with Crippen molar-refractivity contribution in [3.63, 3.8) is 0 Å². The Labute approximate surface area is 165 Å². The van der Waals surface area contributed by atoms with Crippen LogP contribution in [0.15, 0.2) is 77.7 Å². The van der Waals surface area contributed by atoms with Gasteiger partial charge in [-0.25, -0.2) is 8.42 Å². The molecule has 0 aliphatic carbocycles. The topological polar surface area (TPSA) is 66.4 Å². The highest BCUT2D eigenvalue weighted by Crippen LogP contribution is 2.35. The molecular weight excluding hydrogens is 370 g/mol. The van der Waals surface area contributed by atoms with Crippen LogP contribution in [0, 0.1) is 26.2 Å². The number of hydrogen-bond acceptors (Lipinski definition) is 3. The van der Waals surface area contributed by atoms with E-state index in [2.05, 4.69) is 10.6 Å². The van der Waals surface area contributed by atoms with Crippen molar-refractivity contribution in [1.82, 2.24) is 0 Å². The van der Waals surface area contributed by atoms with E-state index < -0.39 is 15.6 Å². The lowest BCUT2D eigenvalue weighted by molar-refractivity contribution is 0.146. The number of rotatable bonds is 5. The molecule has 2 N–H and O–H groups in total. The number of anilines is 1. The molecule has 0 saturated carbocycles. The number of nitrogens with one attached hydrogen (secondary N) is 1. The zero-order chi connectivity index (χ0) is 20.4. The molecule has 0 saturated heterocycles. The van der Waals surface area contributed by atoms with E-state index in [9.17, 15) is 13.5 Å². The molecule has 0 aromatic heterocycles. The molecule has 5 heteroatoms. The molecule has 0 fully saturated rings. The summed E-state index contributed by atoms with van der Waals surface area (Å²) >= 11 is 0. The predicted molar refractivity (Wildman–Crippen MR) is 111 cm³/mol. The third-order valence-electron chi connectivity index (χ3n) is 4.57. The molecule has 0 spiro atoms. The maximum Gasteiger partial charge on any atom is 0.261 e. The van der Waals surface area contributed by atoms with Crippen molar-refractivity contribution in [2.24, 2.45) is 0 Å². The van der Waals surface area contributed by atoms with Crippen LogP contribution >= 0.6 is 0 Å². The maximum atomic E-state index is 12.8. The molecule has 0 aliphatic rings. The van der Waals surface area contributed by atoms with E-state index in [4.69, 9.17) is 6.42 Å². The molecule has 0 aliphatic heterocycles. The van der Waals surface area contributed by atoms with Gasteiger partial charge in [-0.2, -0.15) is 0 Å². The van der Waals surface area contributed by atoms with Crippen molar-refractivity contribution in [2.75, 3.05) is 4.72 Å². The van der Waals surface area contributed by atoms with Crippen LogP contribution in [0.3, 0.4) is 0 Å². The number of hydrogen-bond donors (Lipinski definition) is 2. The first-order chi connectivity index (χ1) is 13.3. The van der Waals surface area contributed by atoms with Crippen molar-refractivity contribution in [3.8, 4) is 12.3 Å². The van der Waals surface area contributed by atoms with Crippen molar-refractivity contribution >= 4 is 15.7 Å². The molecule has 0 bridgehead atoms. The first kappa shape index (κ1) is 19.7. The molecule has 142 valence electrons. The highest BCUT2D eigenvalue weighted by atomic mass is 32.2. The Morgan fingerprint density at radius 2 is 1.43 bits per heavy atom. The molecule has 3 aromatic carbocycles. The highest BCUT2D eigenvalue weighted by Gasteiger charge is 2.32. The van der Waals surface area contributed by atoms with Crippen molar-refractivity contribution in [3.05, 3.63) is 95.1 Å². The minimum absolute atomic E-state index is 0.132. The average Bonchev–Trinajstić information content (AvgIpc) is 2.68. The Balaban J connectivity index is 2.07. The lowest BCUT2D eigenvalue weighted by Gasteiger charge is -2.26. The number of aliphatic hydroxyl groups is 1. The van der Waals surface area contributed by atoms with E-state index in [1.54, 1.807) is 48.5 Å². The summed E-state index contributed by atoms with van der Waals surface area (Å²) < 4.78 is 28.2. The zero-order valence-corrected chi connectivity index (χ0v) is 16.5. The van der Waals surface area contributed by atoms with Gasteiger partial charge in [0, 0.05) is 11.1 Å². The molecule has 3 rings (SSSR count). The number of para-hydroxylation sites is 1. The Bertz CT molecular complexity index is 1130. The largest absolute Gasteiger partial charge is 0.369 e. The van der Waals surface area contributed by atoms with Gasteiger partial charge in [-0.05, 0) is 32.0 Å². The van der Waals surface area contributed by atoms with Crippen LogP contribution in [-0.4, -0.2) is 13.5 Å². The fraction of sp³-hybridized carbons (Fsp3) is 0.130. The predicted octanol–water partition coefficient (Wildman–Crippen LogP) is 3.97. The number of aryl methyl sites for hydroxylation is 2. The van der Waals surface area contributed by atoms with Gasteiger partial charge in [0.15, 0.2) is 5.60 Å². The van der Waals surface area contributed by atoms with Gasteiger partial charge < -0.3 is 5.11 Å². The zero-order valence-electron chi connectivity index (χ0n) is 15.7. The average molecular weight is 391 g/mol. The van der Waals surface area contributed by atoms with Gasteiger partial charge in [0.05, 0.1) is 10.6 Å². The van der Waals surface area contributed by atoms with Crippen molar-refractivity contribution in [2.45, 2.75) is 24.3 Å². The molecule has 0 amide bonds. The summed E-state index contributed by atoms with van der Waals surface area (Å²) in [5.41, 5.74) is 1.21. The second-order valence-electron chi connectivity index (χ2n) is 6.68. The van der Waals surface area contributed by atoms with E-state index in [1.807, 2.05) is 26.0 Å². The minimum atomic E-state index is -3.84. The van der Waals surface area contributed by atoms with Gasteiger partial charge in [-0.3, -0.25) is 4.72 Å². The smallest absolute Gasteiger partial charge is 0.261 e. The molecule has 28 heavy (non-hydrogen) atoms. The Morgan fingerprint density at radius 3 is 2.00 bits per heavy atom. The first-order valence-corrected chi connectivity index (χ1v) is 10.2. The van der Waals surface area contributed by atoms with Gasteiger partial charge in [0.25, 0.3) is 10.0 Å². The quantitative estimate of drug-likeness (QED) is 0.647. The van der Waals surface area contributed by atoms with E-state index in [0.29, 0.717) is 5.56 Å². The summed E-state index contributed by atoms with van der Waals surface area (Å²) in [5, 5.41) is 11.3. The van der Waals surface area contributed by atoms with Gasteiger partial charge in [0.1, 0.15) is 0 Å². The Morgan fingerprint density at radius 1 is 0.893 bits per heavy atom. The lowest BCUT2D eigenvalue weighted by atomic mass is 9.86. The van der Waals surface area contributed by atoms with Crippen LogP contribution in [0.2, 0.25) is 0 Å². The van der Waals surface area contributed by atoms with Crippen LogP contribution in [0.4, 0.5) is 5.69 Å². The van der Waals surface area contributed by atoms with E-state index in [-0.39, 0.29) is 16.1 Å². The van der Waals surface area contributed by atoms with Gasteiger partial charge in [-0.15, -0.1) is 6.42 Å². The third kappa shape index (κ3) is 3.79. The number of benzene rings is 3. The van der Waals surface area contributed by atoms with Gasteiger partial charge in [0.2, 0.25) is 0 Å². The van der Waals surface area contributed by atoms with Gasteiger partial charge >= 0.3 is 0 Å². The standard InChI is InChI=1S/C23H21NO3S/c1-4-23(25,19-13-9-17(2)10-14-19)21-7-5-6-8-22(21)24-28(26,27)20-15-11-18(3)12-16-20/h1,5-16,24-25H,2-3H3. The summed E-state index contributed by atoms with van der Waals surface area (Å²) in [5.74, 6) is 2.42. The highest BCUT2D eigenvalue weighted by molar-refractivity contribution is 7.92. The molecule has 3 aromatic rings. The number of sulfonamides is 1. The maximum absolute atomic E-state index is 12.8. The second kappa shape index (κ2) is 7.51. The van der Waals surface area contributed by atoms with Crippen molar-refractivity contribution < 1.29 is 13.5 Å². The Hall–Kier alpha value is -3.07. The van der Waals surface area contributed by atoms with Crippen molar-refractivity contribution in [1.29, 1.82) is 0 Å². The van der Waals surface area contributed by atoms with E-state index in [1.165, 1.54) is 12.1 Å². The summed E-state index contributed by atoms with van der Waals surface area (Å²) in [6.07, 6.45) is 5.69. The molecular formula is C23H21NO3S. The summed E-state index contributed by atoms with van der Waals surface area (Å²) in [6, 6.07) is 20.3. The first-order valence-electron chi connectivity index (χ1n) is 8.72. The summed E-state index contributed by atoms with van der Waals surface area (Å²) in [4.78, 5) is 0.132. The van der Waals surface area contributed by atoms with Crippen LogP contribution < -0.4 is 4.72 Å². The van der Waals surface area contributed by atoms with Crippen LogP contribution in [0.1, 0.15) is 22.3 Å². The minimum Gasteiger partial charge on any atom is -0.369 e. The fourth-order valence-corrected chi connectivity index (χ4v) is 4.00. The normalized spacial score (nSPS) is 13.4. The molecule has 1 unspecified atom stereocenters. The van der Waals surface area contributed by atoms with Crippen LogP contribution in [0.25, 0.3) is 0 Å². The van der Waals surface area contributed by atoms with Gasteiger partial charge in [-0.1, -0.05) is 71.6 Å². The van der Waals surface area contributed by atoms with E-state index >= 15 is 0 Å². The SMILES string of the molecule is C#CC(O)(c1ccc(C)cc1)c1ccccc1NS(=O)(=O)c1ccc(C)cc1. The van der Waals surface area contributed by atoms with Crippen LogP contribution in [0.5, 0.6) is 0 Å². The monoisotopic (exact) mass is 391 g/mol. The third-order valence-corrected chi connectivity index (χ3v) is 5.95. The van der Waals surface area contributed by atoms with E-state index in [0.717, 1.165) is 11.1 Å². The number of terminal acetylenes is 1.